The van der Waals surface area contributed by atoms with Crippen LogP contribution in [0.1, 0.15) is 77.6 Å². The molecule has 18 nitrogen and oxygen atoms in total. The molecule has 0 radical (unpaired) electrons. The van der Waals surface area contributed by atoms with E-state index < -0.39 is 23.8 Å². The number of hydrogen-bond donors (Lipinski definition) is 0. The van der Waals surface area contributed by atoms with Crippen molar-refractivity contribution < 1.29 is 85.0 Å². The van der Waals surface area contributed by atoms with E-state index in [2.05, 4.69) is 14.1 Å². The van der Waals surface area contributed by atoms with E-state index in [0.29, 0.717) is 131 Å². The Hall–Kier alpha value is -6.92. The zero-order valence-electron chi connectivity index (χ0n) is 47.1. The molecule has 0 spiro atoms. The molecule has 2 heterocycles. The molecular formula is C59H80N2O16+2. The number of carbonyl (C=O) groups excluding carboxylic acids is 4. The van der Waals surface area contributed by atoms with Gasteiger partial charge in [0.2, 0.25) is 11.5 Å². The number of carbonyl (C=O) groups is 4. The van der Waals surface area contributed by atoms with Crippen molar-refractivity contribution in [1.29, 1.82) is 0 Å². The molecule has 4 aromatic carbocycles. The van der Waals surface area contributed by atoms with Crippen LogP contribution >= 0.6 is 0 Å². The standard InChI is InChI=1S/C59H80N2O16/c1-60(20-18-40-30-48(66-3)50(68-5)32-44(40)46(60)24-38-26-52(70-7)56(74-11)53(27-38)71-8)34-42(36-62)58(64)76-22-16-14-13-15-17-23-77-59(65)43(37-63)35-61(2)21-19-41-31-49(67-4)51(69-6)33-45(41)47(61)25-39-28-54(72-9)57(75-12)55(29-39)73-10/h26-33,36-37,42-43,46-47H,13-25,34-35H2,1-12H3/q+2. The van der Waals surface area contributed by atoms with Gasteiger partial charge in [0.05, 0.1) is 125 Å². The maximum absolute atomic E-state index is 13.6. The molecule has 2 aliphatic rings. The molecule has 0 aliphatic carbocycles. The van der Waals surface area contributed by atoms with Crippen LogP contribution in [0.15, 0.2) is 48.5 Å². The number of hydrogen-bond acceptors (Lipinski definition) is 16. The summed E-state index contributed by atoms with van der Waals surface area (Å²) in [5.41, 5.74) is 6.10. The third-order valence-corrected chi connectivity index (χ3v) is 15.5. The van der Waals surface area contributed by atoms with E-state index in [1.807, 2.05) is 48.5 Å². The molecule has 0 amide bonds. The smallest absolute Gasteiger partial charge is 0.322 e. The summed E-state index contributed by atoms with van der Waals surface area (Å²) >= 11 is 0. The first-order valence-electron chi connectivity index (χ1n) is 26.2. The Morgan fingerprint density at radius 1 is 0.455 bits per heavy atom. The number of rotatable bonds is 30. The van der Waals surface area contributed by atoms with Crippen molar-refractivity contribution in [3.63, 3.8) is 0 Å². The number of quaternary nitrogens is 2. The van der Waals surface area contributed by atoms with Gasteiger partial charge in [-0.1, -0.05) is 19.3 Å². The second-order valence-electron chi connectivity index (χ2n) is 20.2. The van der Waals surface area contributed by atoms with E-state index in [4.69, 9.17) is 56.8 Å². The lowest BCUT2D eigenvalue weighted by Gasteiger charge is -2.46. The fourth-order valence-corrected chi connectivity index (χ4v) is 11.3. The number of likely N-dealkylation sites (N-methyl/N-ethyl adjacent to an activating group) is 2. The molecule has 2 aliphatic heterocycles. The zero-order chi connectivity index (χ0) is 55.9. The first-order valence-corrected chi connectivity index (χ1v) is 26.2. The highest BCUT2D eigenvalue weighted by atomic mass is 16.6. The SMILES string of the molecule is COc1cc2c(cc1OC)C(Cc1cc(OC)c(OC)c(OC)c1)[N+](C)(CC(C=O)C(=O)OCCCCCCCOC(=O)C(C=O)C[N+]1(C)CCc3cc(OC)c(OC)cc3C1Cc1cc(OC)c(OC)c(OC)c1)CC2. The number of ether oxygens (including phenoxy) is 12. The topological polar surface area (TPSA) is 179 Å². The van der Waals surface area contributed by atoms with Crippen molar-refractivity contribution in [2.45, 2.75) is 69.9 Å². The molecule has 0 N–H and O–H groups in total. The molecule has 0 fully saturated rings. The number of nitrogens with zero attached hydrogens (tertiary/aromatic N) is 2. The number of benzene rings is 4. The van der Waals surface area contributed by atoms with Crippen LogP contribution in [0.5, 0.6) is 57.5 Å². The minimum absolute atomic E-state index is 0.167. The molecule has 6 rings (SSSR count). The van der Waals surface area contributed by atoms with Crippen LogP contribution in [-0.2, 0) is 54.3 Å². The lowest BCUT2D eigenvalue weighted by Crippen LogP contribution is -2.55. The van der Waals surface area contributed by atoms with Crippen molar-refractivity contribution in [1.82, 2.24) is 0 Å². The van der Waals surface area contributed by atoms with Crippen molar-refractivity contribution in [3.8, 4) is 57.5 Å². The Kier molecular flexibility index (Phi) is 21.1. The largest absolute Gasteiger partial charge is 0.493 e. The predicted molar refractivity (Wildman–Crippen MR) is 288 cm³/mol. The van der Waals surface area contributed by atoms with Gasteiger partial charge in [-0.25, -0.2) is 0 Å². The molecule has 4 aromatic rings. The second kappa shape index (κ2) is 27.4. The number of unbranched alkanes of at least 4 members (excludes halogenated alkanes) is 4. The van der Waals surface area contributed by atoms with Crippen LogP contribution in [0.2, 0.25) is 0 Å². The molecule has 77 heavy (non-hydrogen) atoms. The summed E-state index contributed by atoms with van der Waals surface area (Å²) in [6.45, 7) is 2.08. The maximum Gasteiger partial charge on any atom is 0.322 e. The molecular weight excluding hydrogens is 993 g/mol. The van der Waals surface area contributed by atoms with Gasteiger partial charge < -0.3 is 75.4 Å². The van der Waals surface area contributed by atoms with Crippen LogP contribution < -0.4 is 47.4 Å². The van der Waals surface area contributed by atoms with Gasteiger partial charge in [-0.3, -0.25) is 9.59 Å². The van der Waals surface area contributed by atoms with Crippen molar-refractivity contribution in [2.75, 3.05) is 125 Å². The molecule has 0 saturated carbocycles. The molecule has 420 valence electrons. The van der Waals surface area contributed by atoms with Gasteiger partial charge >= 0.3 is 11.9 Å². The van der Waals surface area contributed by atoms with Crippen molar-refractivity contribution in [3.05, 3.63) is 81.9 Å². The summed E-state index contributed by atoms with van der Waals surface area (Å²) in [5, 5.41) is 0. The van der Waals surface area contributed by atoms with Crippen LogP contribution in [0.25, 0.3) is 0 Å². The maximum atomic E-state index is 13.6. The van der Waals surface area contributed by atoms with E-state index in [9.17, 15) is 19.2 Å². The highest BCUT2D eigenvalue weighted by Gasteiger charge is 2.45. The van der Waals surface area contributed by atoms with Gasteiger partial charge in [0.15, 0.2) is 57.8 Å². The van der Waals surface area contributed by atoms with E-state index in [0.717, 1.165) is 52.6 Å². The van der Waals surface area contributed by atoms with Gasteiger partial charge in [-0.2, -0.15) is 0 Å². The van der Waals surface area contributed by atoms with Gasteiger partial charge in [0.25, 0.3) is 0 Å². The van der Waals surface area contributed by atoms with Gasteiger partial charge in [0.1, 0.15) is 24.7 Å². The normalized spacial score (nSPS) is 19.2. The Morgan fingerprint density at radius 3 is 1.06 bits per heavy atom. The van der Waals surface area contributed by atoms with Crippen LogP contribution in [0.4, 0.5) is 0 Å². The average molecular weight is 1070 g/mol. The zero-order valence-corrected chi connectivity index (χ0v) is 47.1. The first-order chi connectivity index (χ1) is 37.1. The summed E-state index contributed by atoms with van der Waals surface area (Å²) in [6.07, 6.45) is 7.35. The van der Waals surface area contributed by atoms with Gasteiger partial charge in [-0.05, 0) is 83.6 Å². The van der Waals surface area contributed by atoms with Crippen LogP contribution in [0, 0.1) is 11.8 Å². The number of aldehydes is 2. The average Bonchev–Trinajstić information content (AvgIpc) is 3.45. The number of methoxy groups -OCH3 is 10. The Balaban J connectivity index is 1.02. The highest BCUT2D eigenvalue weighted by Crippen LogP contribution is 2.47. The van der Waals surface area contributed by atoms with E-state index >= 15 is 0 Å². The quantitative estimate of drug-likeness (QED) is 0.0163. The Morgan fingerprint density at radius 2 is 0.766 bits per heavy atom. The minimum Gasteiger partial charge on any atom is -0.493 e. The van der Waals surface area contributed by atoms with Gasteiger partial charge in [0, 0.05) is 36.8 Å². The fourth-order valence-electron chi connectivity index (χ4n) is 11.3. The molecule has 0 bridgehead atoms. The third kappa shape index (κ3) is 13.6. The fraction of sp³-hybridized carbons (Fsp3) is 0.525. The van der Waals surface area contributed by atoms with Crippen LogP contribution in [-0.4, -0.2) is 158 Å². The monoisotopic (exact) mass is 1070 g/mol. The second-order valence-corrected chi connectivity index (χ2v) is 20.2. The summed E-state index contributed by atoms with van der Waals surface area (Å²) < 4.78 is 68.9. The molecule has 0 saturated heterocycles. The lowest BCUT2D eigenvalue weighted by atomic mass is 9.85. The van der Waals surface area contributed by atoms with Gasteiger partial charge in [-0.15, -0.1) is 0 Å². The highest BCUT2D eigenvalue weighted by molar-refractivity contribution is 5.88. The Bertz CT molecular complexity index is 2450. The predicted octanol–water partition coefficient (Wildman–Crippen LogP) is 7.71. The first kappa shape index (κ1) is 59.3. The lowest BCUT2D eigenvalue weighted by molar-refractivity contribution is -0.942. The summed E-state index contributed by atoms with van der Waals surface area (Å²) in [4.78, 5) is 52.7. The third-order valence-electron chi connectivity index (χ3n) is 15.5. The van der Waals surface area contributed by atoms with Crippen molar-refractivity contribution in [2.24, 2.45) is 11.8 Å². The molecule has 18 heteroatoms. The van der Waals surface area contributed by atoms with Crippen LogP contribution in [0.3, 0.4) is 0 Å². The summed E-state index contributed by atoms with van der Waals surface area (Å²) in [6, 6.07) is 15.3. The van der Waals surface area contributed by atoms with E-state index in [-0.39, 0.29) is 38.4 Å². The summed E-state index contributed by atoms with van der Waals surface area (Å²) in [5.74, 6) is 2.40. The molecule has 6 unspecified atom stereocenters. The minimum atomic E-state index is -0.996. The number of fused-ring (bicyclic) bond motifs is 2. The number of esters is 2. The molecule has 0 aromatic heterocycles. The van der Waals surface area contributed by atoms with E-state index in [1.165, 1.54) is 0 Å². The van der Waals surface area contributed by atoms with Crippen molar-refractivity contribution >= 4 is 24.5 Å². The Labute approximate surface area is 453 Å². The molecule has 6 atom stereocenters. The van der Waals surface area contributed by atoms with E-state index in [1.54, 1.807) is 71.1 Å². The summed E-state index contributed by atoms with van der Waals surface area (Å²) in [7, 11) is 20.0.